The predicted octanol–water partition coefficient (Wildman–Crippen LogP) is 1.54. The van der Waals surface area contributed by atoms with E-state index in [1.807, 2.05) is 0 Å². The minimum absolute atomic E-state index is 0.328. The highest BCUT2D eigenvalue weighted by Gasteiger charge is 2.20. The lowest BCUT2D eigenvalue weighted by molar-refractivity contribution is 0.1000. The molecule has 0 aromatic carbocycles. The van der Waals surface area contributed by atoms with E-state index in [9.17, 15) is 4.79 Å². The van der Waals surface area contributed by atoms with E-state index in [1.165, 1.54) is 19.3 Å². The summed E-state index contributed by atoms with van der Waals surface area (Å²) in [5, 5.41) is 3.55. The zero-order chi connectivity index (χ0) is 14.5. The van der Waals surface area contributed by atoms with Crippen molar-refractivity contribution in [1.29, 1.82) is 0 Å². The Kier molecular flexibility index (Phi) is 4.95. The van der Waals surface area contributed by atoms with Gasteiger partial charge < -0.3 is 16.0 Å². The molecule has 0 spiro atoms. The monoisotopic (exact) mass is 276 g/mol. The Hall–Kier alpha value is -1.62. The molecule has 1 aliphatic rings. The van der Waals surface area contributed by atoms with Crippen LogP contribution in [0.1, 0.15) is 43.5 Å². The number of hydrogen-bond donors (Lipinski definition) is 2. The molecule has 0 saturated carbocycles. The van der Waals surface area contributed by atoms with E-state index in [-0.39, 0.29) is 0 Å². The molecule has 20 heavy (non-hydrogen) atoms. The van der Waals surface area contributed by atoms with Gasteiger partial charge >= 0.3 is 0 Å². The van der Waals surface area contributed by atoms with E-state index < -0.39 is 5.91 Å². The van der Waals surface area contributed by atoms with Crippen molar-refractivity contribution < 1.29 is 4.79 Å². The summed E-state index contributed by atoms with van der Waals surface area (Å²) in [5.74, 6) is 0.414. The van der Waals surface area contributed by atoms with Crippen LogP contribution in [-0.4, -0.2) is 36.1 Å². The number of carbonyl (C=O) groups excluding carboxylic acids is 1. The van der Waals surface area contributed by atoms with E-state index in [2.05, 4.69) is 29.0 Å². The highest BCUT2D eigenvalue weighted by Crippen LogP contribution is 2.18. The van der Waals surface area contributed by atoms with Crippen LogP contribution in [0.15, 0.2) is 18.3 Å². The number of pyridine rings is 1. The summed E-state index contributed by atoms with van der Waals surface area (Å²) in [7, 11) is 0. The molecule has 1 fully saturated rings. The van der Waals surface area contributed by atoms with Crippen molar-refractivity contribution in [2.45, 2.75) is 45.2 Å². The highest BCUT2D eigenvalue weighted by atomic mass is 16.1. The van der Waals surface area contributed by atoms with Gasteiger partial charge in [-0.15, -0.1) is 0 Å². The van der Waals surface area contributed by atoms with Crippen LogP contribution in [0.25, 0.3) is 0 Å². The largest absolute Gasteiger partial charge is 0.366 e. The third kappa shape index (κ3) is 3.70. The van der Waals surface area contributed by atoms with Crippen LogP contribution >= 0.6 is 0 Å². The van der Waals surface area contributed by atoms with Gasteiger partial charge in [-0.05, 0) is 45.4 Å². The SMILES string of the molecule is CC(C)N(CC1CCCCN1)c1cc(C(N)=O)ccn1. The molecule has 5 heteroatoms. The Labute approximate surface area is 120 Å². The third-order valence-electron chi connectivity index (χ3n) is 3.78. The summed E-state index contributed by atoms with van der Waals surface area (Å²) >= 11 is 0. The fraction of sp³-hybridized carbons (Fsp3) is 0.600. The van der Waals surface area contributed by atoms with Crippen molar-refractivity contribution in [3.05, 3.63) is 23.9 Å². The molecule has 5 nitrogen and oxygen atoms in total. The van der Waals surface area contributed by atoms with Crippen molar-refractivity contribution in [3.8, 4) is 0 Å². The molecule has 110 valence electrons. The molecule has 1 aromatic rings. The van der Waals surface area contributed by atoms with Gasteiger partial charge in [0.05, 0.1) is 0 Å². The molecule has 1 aromatic heterocycles. The standard InChI is InChI=1S/C15H24N4O/c1-11(2)19(10-13-5-3-4-7-17-13)14-9-12(15(16)20)6-8-18-14/h6,8-9,11,13,17H,3-5,7,10H2,1-2H3,(H2,16,20). The maximum Gasteiger partial charge on any atom is 0.248 e. The zero-order valence-corrected chi connectivity index (χ0v) is 12.3. The maximum atomic E-state index is 11.3. The summed E-state index contributed by atoms with van der Waals surface area (Å²) in [4.78, 5) is 17.9. The lowest BCUT2D eigenvalue weighted by Gasteiger charge is -2.34. The van der Waals surface area contributed by atoms with Gasteiger partial charge in [-0.2, -0.15) is 0 Å². The number of anilines is 1. The number of carbonyl (C=O) groups is 1. The van der Waals surface area contributed by atoms with E-state index >= 15 is 0 Å². The molecule has 0 radical (unpaired) electrons. The lowest BCUT2D eigenvalue weighted by atomic mass is 10.0. The molecular formula is C15H24N4O. The molecule has 0 bridgehead atoms. The zero-order valence-electron chi connectivity index (χ0n) is 12.3. The predicted molar refractivity (Wildman–Crippen MR) is 80.9 cm³/mol. The maximum absolute atomic E-state index is 11.3. The molecule has 2 heterocycles. The second-order valence-electron chi connectivity index (χ2n) is 5.66. The second-order valence-corrected chi connectivity index (χ2v) is 5.66. The van der Waals surface area contributed by atoms with Gasteiger partial charge in [0, 0.05) is 30.4 Å². The Morgan fingerprint density at radius 1 is 1.55 bits per heavy atom. The number of nitrogens with zero attached hydrogens (tertiary/aromatic N) is 2. The smallest absolute Gasteiger partial charge is 0.248 e. The normalized spacial score (nSPS) is 19.1. The Balaban J connectivity index is 2.15. The van der Waals surface area contributed by atoms with Crippen LogP contribution in [0.4, 0.5) is 5.82 Å². The van der Waals surface area contributed by atoms with Crippen molar-refractivity contribution in [3.63, 3.8) is 0 Å². The Morgan fingerprint density at radius 3 is 2.95 bits per heavy atom. The van der Waals surface area contributed by atoms with Crippen LogP contribution < -0.4 is 16.0 Å². The minimum atomic E-state index is -0.409. The van der Waals surface area contributed by atoms with Gasteiger partial charge in [0.1, 0.15) is 5.82 Å². The van der Waals surface area contributed by atoms with Gasteiger partial charge in [-0.1, -0.05) is 6.42 Å². The Bertz CT molecular complexity index is 455. The molecule has 1 unspecified atom stereocenters. The van der Waals surface area contributed by atoms with Crippen LogP contribution in [0.2, 0.25) is 0 Å². The van der Waals surface area contributed by atoms with Crippen LogP contribution in [0.3, 0.4) is 0 Å². The van der Waals surface area contributed by atoms with E-state index in [0.29, 0.717) is 17.6 Å². The number of rotatable bonds is 5. The fourth-order valence-corrected chi connectivity index (χ4v) is 2.61. The average molecular weight is 276 g/mol. The van der Waals surface area contributed by atoms with Gasteiger partial charge in [-0.3, -0.25) is 4.79 Å². The molecule has 0 aliphatic carbocycles. The van der Waals surface area contributed by atoms with Crippen LogP contribution in [0, 0.1) is 0 Å². The van der Waals surface area contributed by atoms with E-state index in [0.717, 1.165) is 18.9 Å². The van der Waals surface area contributed by atoms with Crippen LogP contribution in [-0.2, 0) is 0 Å². The first-order chi connectivity index (χ1) is 9.58. The summed E-state index contributed by atoms with van der Waals surface area (Å²) in [5.41, 5.74) is 5.86. The number of primary amides is 1. The number of amides is 1. The fourth-order valence-electron chi connectivity index (χ4n) is 2.61. The number of piperidine rings is 1. The van der Waals surface area contributed by atoms with Gasteiger partial charge in [-0.25, -0.2) is 4.98 Å². The summed E-state index contributed by atoms with van der Waals surface area (Å²) in [6.07, 6.45) is 5.38. The van der Waals surface area contributed by atoms with Crippen molar-refractivity contribution >= 4 is 11.7 Å². The van der Waals surface area contributed by atoms with Gasteiger partial charge in [0.25, 0.3) is 0 Å². The summed E-state index contributed by atoms with van der Waals surface area (Å²) in [6, 6.07) is 4.26. The third-order valence-corrected chi connectivity index (χ3v) is 3.78. The first-order valence-corrected chi connectivity index (χ1v) is 7.34. The Morgan fingerprint density at radius 2 is 2.35 bits per heavy atom. The molecule has 1 atom stereocenters. The quantitative estimate of drug-likeness (QED) is 0.855. The first-order valence-electron chi connectivity index (χ1n) is 7.34. The van der Waals surface area contributed by atoms with Crippen LogP contribution in [0.5, 0.6) is 0 Å². The summed E-state index contributed by atoms with van der Waals surface area (Å²) < 4.78 is 0. The number of aromatic nitrogens is 1. The lowest BCUT2D eigenvalue weighted by Crippen LogP contribution is -2.46. The van der Waals surface area contributed by atoms with Gasteiger partial charge in [0.2, 0.25) is 5.91 Å². The molecule has 1 amide bonds. The summed E-state index contributed by atoms with van der Waals surface area (Å²) in [6.45, 7) is 6.28. The number of hydrogen-bond acceptors (Lipinski definition) is 4. The number of nitrogens with two attached hydrogens (primary N) is 1. The van der Waals surface area contributed by atoms with Gasteiger partial charge in [0.15, 0.2) is 0 Å². The second kappa shape index (κ2) is 6.70. The van der Waals surface area contributed by atoms with Crippen molar-refractivity contribution in [1.82, 2.24) is 10.3 Å². The van der Waals surface area contributed by atoms with E-state index in [4.69, 9.17) is 5.73 Å². The molecule has 1 aliphatic heterocycles. The topological polar surface area (TPSA) is 71.2 Å². The molecule has 3 N–H and O–H groups in total. The highest BCUT2D eigenvalue weighted by molar-refractivity contribution is 5.93. The average Bonchev–Trinajstić information content (AvgIpc) is 2.45. The van der Waals surface area contributed by atoms with E-state index in [1.54, 1.807) is 18.3 Å². The van der Waals surface area contributed by atoms with Crippen molar-refractivity contribution in [2.24, 2.45) is 5.73 Å². The number of nitrogens with one attached hydrogen (secondary N) is 1. The molecule has 1 saturated heterocycles. The first kappa shape index (κ1) is 14.8. The minimum Gasteiger partial charge on any atom is -0.366 e. The van der Waals surface area contributed by atoms with Crippen molar-refractivity contribution in [2.75, 3.05) is 18.0 Å². The molecule has 2 rings (SSSR count). The molecular weight excluding hydrogens is 252 g/mol.